The van der Waals surface area contributed by atoms with Crippen LogP contribution in [-0.4, -0.2) is 23.0 Å². The number of aromatic nitrogens is 3. The summed E-state index contributed by atoms with van der Waals surface area (Å²) in [7, 11) is -2.03. The molecule has 0 radical (unpaired) electrons. The van der Waals surface area contributed by atoms with Gasteiger partial charge in [-0.05, 0) is 65.3 Å². The minimum absolute atomic E-state index is 0.660. The van der Waals surface area contributed by atoms with Gasteiger partial charge in [-0.2, -0.15) is 0 Å². The quantitative estimate of drug-likeness (QED) is 0.168. The fraction of sp³-hybridized carbons (Fsp3) is 0.0408. The summed E-state index contributed by atoms with van der Waals surface area (Å²) < 4.78 is 0. The first-order valence-electron chi connectivity index (χ1n) is 18.2. The summed E-state index contributed by atoms with van der Waals surface area (Å²) in [5, 5.41) is 8.03. The summed E-state index contributed by atoms with van der Waals surface area (Å²) in [6, 6.07) is 62.8. The lowest BCUT2D eigenvalue weighted by molar-refractivity contribution is 1.07. The minimum atomic E-state index is -2.03. The van der Waals surface area contributed by atoms with Crippen molar-refractivity contribution in [2.24, 2.45) is 0 Å². The van der Waals surface area contributed by atoms with Gasteiger partial charge in [0.25, 0.3) is 0 Å². The van der Waals surface area contributed by atoms with E-state index in [4.69, 9.17) is 15.0 Å². The van der Waals surface area contributed by atoms with Crippen molar-refractivity contribution in [3.05, 3.63) is 176 Å². The molecule has 53 heavy (non-hydrogen) atoms. The van der Waals surface area contributed by atoms with E-state index in [1.54, 1.807) is 0 Å². The first-order valence-corrected chi connectivity index (χ1v) is 21.2. The topological polar surface area (TPSA) is 38.7 Å². The number of nitrogens with zero attached hydrogens (tertiary/aromatic N) is 3. The van der Waals surface area contributed by atoms with E-state index in [1.165, 1.54) is 54.2 Å². The second-order valence-electron chi connectivity index (χ2n) is 14.4. The van der Waals surface area contributed by atoms with E-state index >= 15 is 0 Å². The molecule has 0 saturated carbocycles. The van der Waals surface area contributed by atoms with Crippen molar-refractivity contribution in [2.45, 2.75) is 13.1 Å². The van der Waals surface area contributed by atoms with E-state index in [2.05, 4.69) is 183 Å². The molecule has 0 aliphatic carbocycles. The molecule has 4 heteroatoms. The lowest BCUT2D eigenvalue weighted by atomic mass is 9.96. The van der Waals surface area contributed by atoms with Crippen molar-refractivity contribution in [1.29, 1.82) is 0 Å². The Morgan fingerprint density at radius 2 is 0.849 bits per heavy atom. The largest absolute Gasteiger partial charge is 0.208 e. The van der Waals surface area contributed by atoms with Gasteiger partial charge in [0.1, 0.15) is 8.07 Å². The summed E-state index contributed by atoms with van der Waals surface area (Å²) in [5.41, 5.74) is 10.2. The number of rotatable bonds is 5. The van der Waals surface area contributed by atoms with Crippen LogP contribution >= 0.6 is 0 Å². The Bertz CT molecular complexity index is 2840. The van der Waals surface area contributed by atoms with E-state index in [-0.39, 0.29) is 0 Å². The molecule has 10 rings (SSSR count). The van der Waals surface area contributed by atoms with Crippen LogP contribution in [0.3, 0.4) is 0 Å². The fourth-order valence-electron chi connectivity index (χ4n) is 8.31. The van der Waals surface area contributed by atoms with Crippen LogP contribution in [-0.2, 0) is 0 Å². The standard InChI is InChI=1S/C49H35N3Si/c1-53(2)44-21-11-20-43(45(44)42-31-30-35-15-7-9-18-41(35)46(42)53)49-51-47(37-26-22-33(23-27-37)32-12-4-3-5-13-32)50-48(52-49)38-28-24-36(25-29-38)40-19-10-16-34-14-6-8-17-39(34)40/h3-31H,1-2H3. The van der Waals surface area contributed by atoms with Gasteiger partial charge in [0.2, 0.25) is 0 Å². The first kappa shape index (κ1) is 31.3. The van der Waals surface area contributed by atoms with Crippen LogP contribution in [0.1, 0.15) is 0 Å². The van der Waals surface area contributed by atoms with Crippen LogP contribution in [0, 0.1) is 0 Å². The maximum Gasteiger partial charge on any atom is 0.164 e. The van der Waals surface area contributed by atoms with Gasteiger partial charge >= 0.3 is 0 Å². The zero-order valence-corrected chi connectivity index (χ0v) is 30.6. The molecule has 0 spiro atoms. The Labute approximate surface area is 310 Å². The van der Waals surface area contributed by atoms with E-state index < -0.39 is 8.07 Å². The van der Waals surface area contributed by atoms with Gasteiger partial charge < -0.3 is 0 Å². The second-order valence-corrected chi connectivity index (χ2v) is 18.7. The zero-order chi connectivity index (χ0) is 35.5. The third-order valence-electron chi connectivity index (χ3n) is 10.9. The monoisotopic (exact) mass is 693 g/mol. The molecule has 1 aromatic heterocycles. The van der Waals surface area contributed by atoms with Gasteiger partial charge in [-0.25, -0.2) is 15.0 Å². The van der Waals surface area contributed by atoms with Gasteiger partial charge in [0, 0.05) is 16.7 Å². The highest BCUT2D eigenvalue weighted by Crippen LogP contribution is 2.39. The molecular weight excluding hydrogens is 659 g/mol. The van der Waals surface area contributed by atoms with E-state index in [1.807, 2.05) is 6.07 Å². The molecule has 9 aromatic rings. The Morgan fingerprint density at radius 1 is 0.340 bits per heavy atom. The molecule has 8 aromatic carbocycles. The van der Waals surface area contributed by atoms with Crippen LogP contribution < -0.4 is 10.4 Å². The normalized spacial score (nSPS) is 12.9. The van der Waals surface area contributed by atoms with Gasteiger partial charge in [-0.1, -0.05) is 189 Å². The molecule has 2 heterocycles. The molecule has 3 nitrogen and oxygen atoms in total. The highest BCUT2D eigenvalue weighted by molar-refractivity contribution is 7.05. The predicted molar refractivity (Wildman–Crippen MR) is 224 cm³/mol. The fourth-order valence-corrected chi connectivity index (χ4v) is 11.8. The molecule has 0 unspecified atom stereocenters. The maximum atomic E-state index is 5.27. The molecule has 0 N–H and O–H groups in total. The number of fused-ring (bicyclic) bond motifs is 6. The van der Waals surface area contributed by atoms with E-state index in [0.717, 1.165) is 27.8 Å². The average molecular weight is 694 g/mol. The smallest absolute Gasteiger partial charge is 0.164 e. The van der Waals surface area contributed by atoms with Crippen LogP contribution in [0.25, 0.3) is 89.1 Å². The predicted octanol–water partition coefficient (Wildman–Crippen LogP) is 11.3. The number of hydrogen-bond acceptors (Lipinski definition) is 3. The molecule has 0 fully saturated rings. The Hall–Kier alpha value is -6.49. The van der Waals surface area contributed by atoms with Gasteiger partial charge in [-0.15, -0.1) is 0 Å². The van der Waals surface area contributed by atoms with Crippen molar-refractivity contribution in [1.82, 2.24) is 15.0 Å². The van der Waals surface area contributed by atoms with E-state index in [9.17, 15) is 0 Å². The minimum Gasteiger partial charge on any atom is -0.208 e. The van der Waals surface area contributed by atoms with E-state index in [0.29, 0.717) is 17.5 Å². The third-order valence-corrected chi connectivity index (χ3v) is 14.5. The summed E-state index contributed by atoms with van der Waals surface area (Å²) in [6.07, 6.45) is 0. The third kappa shape index (κ3) is 5.22. The molecule has 0 saturated heterocycles. The van der Waals surface area contributed by atoms with Crippen LogP contribution in [0.5, 0.6) is 0 Å². The van der Waals surface area contributed by atoms with Crippen LogP contribution in [0.4, 0.5) is 0 Å². The SMILES string of the molecule is C[Si]1(C)c2cccc(-c3nc(-c4ccc(-c5ccccc5)cc4)nc(-c4ccc(-c5cccc6ccccc56)cc4)n3)c2-c2ccc3ccccc3c21. The Morgan fingerprint density at radius 3 is 1.57 bits per heavy atom. The Kier molecular flexibility index (Phi) is 7.27. The van der Waals surface area contributed by atoms with Gasteiger partial charge in [-0.3, -0.25) is 0 Å². The molecule has 0 bridgehead atoms. The molecular formula is C49H35N3Si. The van der Waals surface area contributed by atoms with Gasteiger partial charge in [0.15, 0.2) is 17.5 Å². The van der Waals surface area contributed by atoms with Crippen molar-refractivity contribution in [3.63, 3.8) is 0 Å². The molecule has 250 valence electrons. The van der Waals surface area contributed by atoms with Crippen molar-refractivity contribution < 1.29 is 0 Å². The summed E-state index contributed by atoms with van der Waals surface area (Å²) in [5.74, 6) is 2.01. The molecule has 0 atom stereocenters. The molecule has 0 amide bonds. The summed E-state index contributed by atoms with van der Waals surface area (Å²) in [6.45, 7) is 4.95. The van der Waals surface area contributed by atoms with Crippen molar-refractivity contribution >= 4 is 40.0 Å². The van der Waals surface area contributed by atoms with Crippen molar-refractivity contribution in [3.8, 4) is 67.5 Å². The average Bonchev–Trinajstić information content (AvgIpc) is 3.47. The summed E-state index contributed by atoms with van der Waals surface area (Å²) in [4.78, 5) is 15.7. The lowest BCUT2D eigenvalue weighted by Gasteiger charge is -2.20. The first-order chi connectivity index (χ1) is 26.0. The Balaban J connectivity index is 1.14. The number of benzene rings is 8. The lowest BCUT2D eigenvalue weighted by Crippen LogP contribution is -2.49. The highest BCUT2D eigenvalue weighted by atomic mass is 28.3. The second kappa shape index (κ2) is 12.3. The number of hydrogen-bond donors (Lipinski definition) is 0. The maximum absolute atomic E-state index is 5.27. The van der Waals surface area contributed by atoms with Crippen LogP contribution in [0.15, 0.2) is 176 Å². The molecule has 1 aliphatic heterocycles. The van der Waals surface area contributed by atoms with Gasteiger partial charge in [0.05, 0.1) is 0 Å². The van der Waals surface area contributed by atoms with Crippen molar-refractivity contribution in [2.75, 3.05) is 0 Å². The summed E-state index contributed by atoms with van der Waals surface area (Å²) >= 11 is 0. The zero-order valence-electron chi connectivity index (χ0n) is 29.6. The highest BCUT2D eigenvalue weighted by Gasteiger charge is 2.40. The van der Waals surface area contributed by atoms with Crippen LogP contribution in [0.2, 0.25) is 13.1 Å². The molecule has 1 aliphatic rings.